The normalized spacial score (nSPS) is 18.6. The number of cyclic esters (lactones) is 1. The first-order chi connectivity index (χ1) is 17.6. The number of benzene rings is 3. The van der Waals surface area contributed by atoms with Crippen LogP contribution in [0.3, 0.4) is 0 Å². The second-order valence-electron chi connectivity index (χ2n) is 9.03. The van der Waals surface area contributed by atoms with Crippen molar-refractivity contribution in [3.05, 3.63) is 101 Å². The number of methoxy groups -OCH3 is 1. The number of carbonyl (C=O) groups is 2. The quantitative estimate of drug-likeness (QED) is 0.510. The van der Waals surface area contributed by atoms with Crippen molar-refractivity contribution in [2.45, 2.75) is 18.6 Å². The molecule has 2 unspecified atom stereocenters. The highest BCUT2D eigenvalue weighted by Gasteiger charge is 2.29. The molecule has 1 N–H and O–H groups in total. The molecule has 3 aromatic carbocycles. The van der Waals surface area contributed by atoms with Crippen molar-refractivity contribution in [3.8, 4) is 5.75 Å². The molecule has 36 heavy (non-hydrogen) atoms. The summed E-state index contributed by atoms with van der Waals surface area (Å²) in [6.45, 7) is 3.40. The average Bonchev–Trinajstić information content (AvgIpc) is 2.94. The lowest BCUT2D eigenvalue weighted by atomic mass is 9.93. The van der Waals surface area contributed by atoms with Gasteiger partial charge in [0.15, 0.2) is 0 Å². The Kier molecular flexibility index (Phi) is 7.30. The fraction of sp³-hybridized carbons (Fsp3) is 0.310. The Hall–Kier alpha value is -3.68. The standard InChI is InChI=1S/C29H30N2O5/c1-34-24-10-7-20(8-11-24)26(31-13-15-35-16-14-31)19-30-28(32)22-9-12-25-23(17-22)18-27(36-29(25)33)21-5-3-2-4-6-21/h2-12,17,26-27H,13-16,18-19H2,1H3,(H,30,32). The predicted octanol–water partition coefficient (Wildman–Crippen LogP) is 3.95. The van der Waals surface area contributed by atoms with Crippen molar-refractivity contribution in [2.24, 2.45) is 0 Å². The molecular formula is C29H30N2O5. The van der Waals surface area contributed by atoms with Gasteiger partial charge in [-0.25, -0.2) is 4.79 Å². The Morgan fingerprint density at radius 1 is 1.06 bits per heavy atom. The maximum absolute atomic E-state index is 13.2. The largest absolute Gasteiger partial charge is 0.497 e. The van der Waals surface area contributed by atoms with E-state index in [-0.39, 0.29) is 24.0 Å². The first-order valence-electron chi connectivity index (χ1n) is 12.2. The van der Waals surface area contributed by atoms with Gasteiger partial charge in [-0.05, 0) is 47.0 Å². The van der Waals surface area contributed by atoms with Crippen LogP contribution in [0, 0.1) is 0 Å². The van der Waals surface area contributed by atoms with Crippen LogP contribution in [0.4, 0.5) is 0 Å². The summed E-state index contributed by atoms with van der Waals surface area (Å²) in [7, 11) is 1.65. The number of fused-ring (bicyclic) bond motifs is 1. The molecule has 2 aliphatic heterocycles. The van der Waals surface area contributed by atoms with E-state index in [4.69, 9.17) is 14.2 Å². The van der Waals surface area contributed by atoms with Crippen LogP contribution < -0.4 is 10.1 Å². The first kappa shape index (κ1) is 24.0. The van der Waals surface area contributed by atoms with Crippen molar-refractivity contribution in [1.82, 2.24) is 10.2 Å². The molecular weight excluding hydrogens is 456 g/mol. The van der Waals surface area contributed by atoms with Crippen molar-refractivity contribution in [2.75, 3.05) is 40.0 Å². The van der Waals surface area contributed by atoms with Gasteiger partial charge < -0.3 is 19.5 Å². The van der Waals surface area contributed by atoms with Crippen molar-refractivity contribution < 1.29 is 23.8 Å². The molecule has 0 aliphatic carbocycles. The number of nitrogens with one attached hydrogen (secondary N) is 1. The monoisotopic (exact) mass is 486 g/mol. The molecule has 0 bridgehead atoms. The Morgan fingerprint density at radius 2 is 1.81 bits per heavy atom. The lowest BCUT2D eigenvalue weighted by Crippen LogP contribution is -2.43. The van der Waals surface area contributed by atoms with Gasteiger partial charge in [0.25, 0.3) is 5.91 Å². The summed E-state index contributed by atoms with van der Waals surface area (Å²) in [5.74, 6) is 0.272. The number of esters is 1. The van der Waals surface area contributed by atoms with E-state index in [9.17, 15) is 9.59 Å². The maximum Gasteiger partial charge on any atom is 0.339 e. The zero-order chi connectivity index (χ0) is 24.9. The highest BCUT2D eigenvalue weighted by atomic mass is 16.5. The minimum absolute atomic E-state index is 0.0128. The smallest absolute Gasteiger partial charge is 0.339 e. The van der Waals surface area contributed by atoms with Crippen LogP contribution >= 0.6 is 0 Å². The minimum Gasteiger partial charge on any atom is -0.497 e. The number of nitrogens with zero attached hydrogens (tertiary/aromatic N) is 1. The van der Waals surface area contributed by atoms with Crippen LogP contribution in [0.25, 0.3) is 0 Å². The molecule has 7 heteroatoms. The Labute approximate surface area is 211 Å². The summed E-state index contributed by atoms with van der Waals surface area (Å²) < 4.78 is 16.5. The summed E-state index contributed by atoms with van der Waals surface area (Å²) in [4.78, 5) is 28.1. The molecule has 0 radical (unpaired) electrons. The number of hydrogen-bond donors (Lipinski definition) is 1. The van der Waals surface area contributed by atoms with Gasteiger partial charge in [-0.1, -0.05) is 42.5 Å². The molecule has 0 spiro atoms. The molecule has 0 aromatic heterocycles. The fourth-order valence-electron chi connectivity index (χ4n) is 4.86. The van der Waals surface area contributed by atoms with Gasteiger partial charge >= 0.3 is 5.97 Å². The zero-order valence-corrected chi connectivity index (χ0v) is 20.3. The molecule has 2 atom stereocenters. The molecule has 3 aromatic rings. The summed E-state index contributed by atoms with van der Waals surface area (Å²) in [5, 5.41) is 3.12. The van der Waals surface area contributed by atoms with E-state index in [1.807, 2.05) is 60.7 Å². The van der Waals surface area contributed by atoms with Gasteiger partial charge in [0.1, 0.15) is 11.9 Å². The highest BCUT2D eigenvalue weighted by molar-refractivity contribution is 5.97. The molecule has 7 nitrogen and oxygen atoms in total. The molecule has 1 fully saturated rings. The molecule has 2 aliphatic rings. The minimum atomic E-state index is -0.357. The molecule has 186 valence electrons. The molecule has 1 amide bonds. The van der Waals surface area contributed by atoms with E-state index in [0.29, 0.717) is 37.3 Å². The summed E-state index contributed by atoms with van der Waals surface area (Å²) in [6.07, 6.45) is 0.180. The lowest BCUT2D eigenvalue weighted by Gasteiger charge is -2.35. The maximum atomic E-state index is 13.2. The number of amides is 1. The van der Waals surface area contributed by atoms with E-state index < -0.39 is 0 Å². The second-order valence-corrected chi connectivity index (χ2v) is 9.03. The van der Waals surface area contributed by atoms with E-state index in [0.717, 1.165) is 35.5 Å². The topological polar surface area (TPSA) is 77.1 Å². The van der Waals surface area contributed by atoms with E-state index in [1.165, 1.54) is 0 Å². The molecule has 0 saturated carbocycles. The molecule has 2 heterocycles. The summed E-state index contributed by atoms with van der Waals surface area (Å²) in [6, 6.07) is 22.9. The van der Waals surface area contributed by atoms with Gasteiger partial charge in [-0.3, -0.25) is 9.69 Å². The third-order valence-corrected chi connectivity index (χ3v) is 6.86. The van der Waals surface area contributed by atoms with Crippen LogP contribution in [-0.2, 0) is 15.9 Å². The van der Waals surface area contributed by atoms with Crippen molar-refractivity contribution in [3.63, 3.8) is 0 Å². The number of morpholine rings is 1. The predicted molar refractivity (Wildman–Crippen MR) is 135 cm³/mol. The zero-order valence-electron chi connectivity index (χ0n) is 20.3. The molecule has 5 rings (SSSR count). The van der Waals surface area contributed by atoms with Crippen LogP contribution in [0.15, 0.2) is 72.8 Å². The third kappa shape index (κ3) is 5.27. The van der Waals surface area contributed by atoms with Gasteiger partial charge in [0.2, 0.25) is 0 Å². The third-order valence-electron chi connectivity index (χ3n) is 6.86. The SMILES string of the molecule is COc1ccc(C(CNC(=O)c2ccc3c(c2)CC(c2ccccc2)OC3=O)N2CCOCC2)cc1. The Morgan fingerprint density at radius 3 is 2.53 bits per heavy atom. The van der Waals surface area contributed by atoms with E-state index in [2.05, 4.69) is 10.2 Å². The van der Waals surface area contributed by atoms with Gasteiger partial charge in [-0.15, -0.1) is 0 Å². The second kappa shape index (κ2) is 10.9. The number of rotatable bonds is 7. The lowest BCUT2D eigenvalue weighted by molar-refractivity contribution is 0.0162. The Balaban J connectivity index is 1.31. The van der Waals surface area contributed by atoms with Crippen molar-refractivity contribution >= 4 is 11.9 Å². The number of ether oxygens (including phenoxy) is 3. The van der Waals surface area contributed by atoms with E-state index >= 15 is 0 Å². The summed E-state index contributed by atoms with van der Waals surface area (Å²) >= 11 is 0. The average molecular weight is 487 g/mol. The summed E-state index contributed by atoms with van der Waals surface area (Å²) in [5.41, 5.74) is 3.93. The van der Waals surface area contributed by atoms with Crippen molar-refractivity contribution in [1.29, 1.82) is 0 Å². The number of hydrogen-bond acceptors (Lipinski definition) is 6. The van der Waals surface area contributed by atoms with E-state index in [1.54, 1.807) is 19.2 Å². The first-order valence-corrected chi connectivity index (χ1v) is 12.2. The van der Waals surface area contributed by atoms with Crippen LogP contribution in [0.2, 0.25) is 0 Å². The Bertz CT molecular complexity index is 1210. The highest BCUT2D eigenvalue weighted by Crippen LogP contribution is 2.31. The number of carbonyl (C=O) groups excluding carboxylic acids is 2. The van der Waals surface area contributed by atoms with Crippen LogP contribution in [-0.4, -0.2) is 56.7 Å². The van der Waals surface area contributed by atoms with Crippen LogP contribution in [0.5, 0.6) is 5.75 Å². The van der Waals surface area contributed by atoms with Gasteiger partial charge in [0.05, 0.1) is 31.9 Å². The molecule has 1 saturated heterocycles. The van der Waals surface area contributed by atoms with Gasteiger partial charge in [0, 0.05) is 31.6 Å². The van der Waals surface area contributed by atoms with Crippen LogP contribution in [0.1, 0.15) is 49.6 Å². The fourth-order valence-corrected chi connectivity index (χ4v) is 4.86. The van der Waals surface area contributed by atoms with Gasteiger partial charge in [-0.2, -0.15) is 0 Å².